The number of primary amides is 1. The first-order valence-corrected chi connectivity index (χ1v) is 4.55. The predicted molar refractivity (Wildman–Crippen MR) is 50.0 cm³/mol. The van der Waals surface area contributed by atoms with Crippen molar-refractivity contribution >= 4 is 5.91 Å². The largest absolute Gasteiger partial charge is 0.393 e. The van der Waals surface area contributed by atoms with E-state index in [4.69, 9.17) is 5.73 Å². The van der Waals surface area contributed by atoms with Crippen LogP contribution in [-0.2, 0) is 4.79 Å². The molecule has 1 saturated heterocycles. The maximum absolute atomic E-state index is 10.4. The minimum atomic E-state index is -0.406. The molecule has 1 aliphatic heterocycles. The number of nitrogens with zero attached hydrogens (tertiary/aromatic N) is 1. The molecule has 0 spiro atoms. The van der Waals surface area contributed by atoms with Crippen molar-refractivity contribution in [2.75, 3.05) is 19.6 Å². The van der Waals surface area contributed by atoms with E-state index in [1.54, 1.807) is 6.08 Å². The fourth-order valence-corrected chi connectivity index (χ4v) is 1.42. The van der Waals surface area contributed by atoms with Crippen molar-refractivity contribution in [3.63, 3.8) is 0 Å². The smallest absolute Gasteiger partial charge is 0.241 e. The first-order valence-electron chi connectivity index (χ1n) is 4.55. The van der Waals surface area contributed by atoms with Crippen LogP contribution >= 0.6 is 0 Å². The van der Waals surface area contributed by atoms with Gasteiger partial charge in [-0.3, -0.25) is 9.69 Å². The second-order valence-corrected chi connectivity index (χ2v) is 3.34. The Hall–Kier alpha value is -0.870. The number of aliphatic hydroxyl groups is 1. The quantitative estimate of drug-likeness (QED) is 0.580. The summed E-state index contributed by atoms with van der Waals surface area (Å²) in [5, 5.41) is 9.22. The number of rotatable bonds is 3. The highest BCUT2D eigenvalue weighted by atomic mass is 16.3. The molecule has 1 amide bonds. The monoisotopic (exact) mass is 184 g/mol. The number of aliphatic hydroxyl groups excluding tert-OH is 1. The van der Waals surface area contributed by atoms with Gasteiger partial charge in [0.25, 0.3) is 0 Å². The molecule has 0 aromatic carbocycles. The average molecular weight is 184 g/mol. The molecule has 0 atom stereocenters. The number of piperidine rings is 1. The van der Waals surface area contributed by atoms with Crippen LogP contribution in [-0.4, -0.2) is 41.7 Å². The number of nitrogens with two attached hydrogens (primary N) is 1. The zero-order valence-electron chi connectivity index (χ0n) is 7.65. The minimum absolute atomic E-state index is 0.142. The molecule has 0 aromatic heterocycles. The molecule has 13 heavy (non-hydrogen) atoms. The SMILES string of the molecule is NC(=O)C=CCN1CCC(O)CC1. The molecule has 0 radical (unpaired) electrons. The first kappa shape index (κ1) is 10.2. The van der Waals surface area contributed by atoms with Gasteiger partial charge in [-0.05, 0) is 18.9 Å². The summed E-state index contributed by atoms with van der Waals surface area (Å²) < 4.78 is 0. The van der Waals surface area contributed by atoms with Gasteiger partial charge in [-0.1, -0.05) is 6.08 Å². The van der Waals surface area contributed by atoms with Crippen LogP contribution in [0.3, 0.4) is 0 Å². The van der Waals surface area contributed by atoms with Crippen molar-refractivity contribution in [2.45, 2.75) is 18.9 Å². The third-order valence-corrected chi connectivity index (χ3v) is 2.20. The van der Waals surface area contributed by atoms with E-state index >= 15 is 0 Å². The molecule has 1 heterocycles. The van der Waals surface area contributed by atoms with Crippen molar-refractivity contribution in [3.8, 4) is 0 Å². The second kappa shape index (κ2) is 4.99. The summed E-state index contributed by atoms with van der Waals surface area (Å²) >= 11 is 0. The maximum atomic E-state index is 10.4. The van der Waals surface area contributed by atoms with Crippen molar-refractivity contribution in [3.05, 3.63) is 12.2 Å². The Balaban J connectivity index is 2.19. The minimum Gasteiger partial charge on any atom is -0.393 e. The number of carbonyl (C=O) groups excluding carboxylic acids is 1. The van der Waals surface area contributed by atoms with Gasteiger partial charge in [-0.2, -0.15) is 0 Å². The highest BCUT2D eigenvalue weighted by Gasteiger charge is 2.15. The summed E-state index contributed by atoms with van der Waals surface area (Å²) in [4.78, 5) is 12.6. The fraction of sp³-hybridized carbons (Fsp3) is 0.667. The molecule has 3 N–H and O–H groups in total. The highest BCUT2D eigenvalue weighted by Crippen LogP contribution is 2.08. The lowest BCUT2D eigenvalue weighted by atomic mass is 10.1. The Morgan fingerprint density at radius 1 is 1.54 bits per heavy atom. The van der Waals surface area contributed by atoms with E-state index in [2.05, 4.69) is 4.90 Å². The molecular formula is C9H16N2O2. The average Bonchev–Trinajstić information content (AvgIpc) is 2.08. The zero-order chi connectivity index (χ0) is 9.68. The summed E-state index contributed by atoms with van der Waals surface area (Å²) in [5.74, 6) is -0.406. The summed E-state index contributed by atoms with van der Waals surface area (Å²) in [6, 6.07) is 0. The Kier molecular flexibility index (Phi) is 3.92. The Morgan fingerprint density at radius 2 is 2.15 bits per heavy atom. The molecule has 0 bridgehead atoms. The van der Waals surface area contributed by atoms with Crippen LogP contribution in [0.2, 0.25) is 0 Å². The molecule has 4 heteroatoms. The van der Waals surface area contributed by atoms with Crippen LogP contribution in [0.15, 0.2) is 12.2 Å². The number of hydrogen-bond donors (Lipinski definition) is 2. The Bertz CT molecular complexity index is 196. The van der Waals surface area contributed by atoms with Gasteiger partial charge in [0.15, 0.2) is 0 Å². The van der Waals surface area contributed by atoms with Crippen LogP contribution in [0.4, 0.5) is 0 Å². The second-order valence-electron chi connectivity index (χ2n) is 3.34. The van der Waals surface area contributed by atoms with Crippen LogP contribution < -0.4 is 5.73 Å². The molecule has 1 rings (SSSR count). The molecule has 0 unspecified atom stereocenters. The van der Waals surface area contributed by atoms with E-state index in [1.807, 2.05) is 0 Å². The van der Waals surface area contributed by atoms with Crippen molar-refractivity contribution in [2.24, 2.45) is 5.73 Å². The molecule has 1 fully saturated rings. The molecule has 0 aliphatic carbocycles. The summed E-state index contributed by atoms with van der Waals surface area (Å²) in [6.45, 7) is 2.53. The topological polar surface area (TPSA) is 66.6 Å². The summed E-state index contributed by atoms with van der Waals surface area (Å²) in [5.41, 5.74) is 4.95. The van der Waals surface area contributed by atoms with E-state index in [-0.39, 0.29) is 6.10 Å². The van der Waals surface area contributed by atoms with E-state index in [0.717, 1.165) is 32.5 Å². The van der Waals surface area contributed by atoms with E-state index < -0.39 is 5.91 Å². The third kappa shape index (κ3) is 4.05. The van der Waals surface area contributed by atoms with E-state index in [0.29, 0.717) is 0 Å². The number of hydrogen-bond acceptors (Lipinski definition) is 3. The van der Waals surface area contributed by atoms with Crippen molar-refractivity contribution in [1.82, 2.24) is 4.90 Å². The number of amides is 1. The number of likely N-dealkylation sites (tertiary alicyclic amines) is 1. The maximum Gasteiger partial charge on any atom is 0.241 e. The van der Waals surface area contributed by atoms with Gasteiger partial charge < -0.3 is 10.8 Å². The Morgan fingerprint density at radius 3 is 2.69 bits per heavy atom. The normalized spacial score (nSPS) is 21.0. The van der Waals surface area contributed by atoms with E-state index in [1.165, 1.54) is 6.08 Å². The van der Waals surface area contributed by atoms with Gasteiger partial charge in [-0.25, -0.2) is 0 Å². The van der Waals surface area contributed by atoms with Crippen molar-refractivity contribution < 1.29 is 9.90 Å². The van der Waals surface area contributed by atoms with Crippen LogP contribution in [0.25, 0.3) is 0 Å². The molecular weight excluding hydrogens is 168 g/mol. The van der Waals surface area contributed by atoms with Gasteiger partial charge in [0.1, 0.15) is 0 Å². The zero-order valence-corrected chi connectivity index (χ0v) is 7.65. The molecule has 0 saturated carbocycles. The van der Waals surface area contributed by atoms with Gasteiger partial charge in [0.2, 0.25) is 5.91 Å². The molecule has 4 nitrogen and oxygen atoms in total. The molecule has 1 aliphatic rings. The van der Waals surface area contributed by atoms with E-state index in [9.17, 15) is 9.90 Å². The Labute approximate surface area is 78.0 Å². The third-order valence-electron chi connectivity index (χ3n) is 2.20. The lowest BCUT2D eigenvalue weighted by Gasteiger charge is -2.28. The van der Waals surface area contributed by atoms with Crippen LogP contribution in [0, 0.1) is 0 Å². The summed E-state index contributed by atoms with van der Waals surface area (Å²) in [7, 11) is 0. The lowest BCUT2D eigenvalue weighted by Crippen LogP contribution is -2.35. The standard InChI is InChI=1S/C9H16N2O2/c10-9(13)2-1-5-11-6-3-8(12)4-7-11/h1-2,8,12H,3-7H2,(H2,10,13). The van der Waals surface area contributed by atoms with Crippen LogP contribution in [0.1, 0.15) is 12.8 Å². The fourth-order valence-electron chi connectivity index (χ4n) is 1.42. The molecule has 0 aromatic rings. The highest BCUT2D eigenvalue weighted by molar-refractivity contribution is 5.85. The predicted octanol–water partition coefficient (Wildman–Crippen LogP) is -0.515. The van der Waals surface area contributed by atoms with Gasteiger partial charge in [0, 0.05) is 19.6 Å². The van der Waals surface area contributed by atoms with Crippen LogP contribution in [0.5, 0.6) is 0 Å². The summed E-state index contributed by atoms with van der Waals surface area (Å²) in [6.07, 6.45) is 4.65. The lowest BCUT2D eigenvalue weighted by molar-refractivity contribution is -0.113. The van der Waals surface area contributed by atoms with Gasteiger partial charge >= 0.3 is 0 Å². The molecule has 74 valence electrons. The first-order chi connectivity index (χ1) is 6.18. The number of carbonyl (C=O) groups is 1. The van der Waals surface area contributed by atoms with Gasteiger partial charge in [-0.15, -0.1) is 0 Å². The van der Waals surface area contributed by atoms with Crippen molar-refractivity contribution in [1.29, 1.82) is 0 Å². The van der Waals surface area contributed by atoms with Gasteiger partial charge in [0.05, 0.1) is 6.10 Å².